The summed E-state index contributed by atoms with van der Waals surface area (Å²) >= 11 is 0. The van der Waals surface area contributed by atoms with Crippen LogP contribution in [0.5, 0.6) is 0 Å². The summed E-state index contributed by atoms with van der Waals surface area (Å²) in [7, 11) is -0.629. The maximum Gasteiger partial charge on any atom is 0.154 e. The third kappa shape index (κ3) is 3.98. The monoisotopic (exact) mass is 245 g/mol. The number of carbonyl (C=O) groups excluding carboxylic acids is 1. The molecule has 0 aromatic carbocycles. The van der Waals surface area contributed by atoms with Crippen molar-refractivity contribution >= 4 is 16.6 Å². The summed E-state index contributed by atoms with van der Waals surface area (Å²) in [5.74, 6) is 2.18. The first-order chi connectivity index (χ1) is 7.30. The minimum Gasteiger partial charge on any atom is -0.321 e. The first-order valence-electron chi connectivity index (χ1n) is 5.95. The molecule has 2 N–H and O–H groups in total. The number of hydrogen-bond acceptors (Lipinski definition) is 3. The Morgan fingerprint density at radius 1 is 1.38 bits per heavy atom. The highest BCUT2D eigenvalue weighted by Crippen LogP contribution is 2.24. The molecular formula is C12H23NO2S. The quantitative estimate of drug-likeness (QED) is 0.819. The molecule has 1 atom stereocenters. The first-order valence-corrected chi connectivity index (χ1v) is 7.44. The fraction of sp³-hybridized carbons (Fsp3) is 0.917. The van der Waals surface area contributed by atoms with E-state index in [0.717, 1.165) is 30.8 Å². The lowest BCUT2D eigenvalue weighted by molar-refractivity contribution is -0.128. The van der Waals surface area contributed by atoms with Gasteiger partial charge in [0.05, 0.1) is 6.04 Å². The molecule has 4 heteroatoms. The van der Waals surface area contributed by atoms with Crippen LogP contribution in [0.25, 0.3) is 0 Å². The molecule has 1 saturated heterocycles. The van der Waals surface area contributed by atoms with Crippen LogP contribution >= 0.6 is 0 Å². The van der Waals surface area contributed by atoms with Crippen LogP contribution in [0, 0.1) is 11.3 Å². The minimum absolute atomic E-state index is 0.138. The van der Waals surface area contributed by atoms with Crippen LogP contribution in [-0.2, 0) is 15.6 Å². The average molecular weight is 245 g/mol. The summed E-state index contributed by atoms with van der Waals surface area (Å²) in [6, 6.07) is -0.350. The largest absolute Gasteiger partial charge is 0.321 e. The zero-order valence-corrected chi connectivity index (χ0v) is 11.3. The fourth-order valence-corrected chi connectivity index (χ4v) is 3.50. The van der Waals surface area contributed by atoms with Crippen molar-refractivity contribution in [3.8, 4) is 0 Å². The van der Waals surface area contributed by atoms with E-state index >= 15 is 0 Å². The highest BCUT2D eigenvalue weighted by molar-refractivity contribution is 7.85. The smallest absolute Gasteiger partial charge is 0.154 e. The third-order valence-electron chi connectivity index (χ3n) is 3.17. The lowest BCUT2D eigenvalue weighted by atomic mass is 9.82. The van der Waals surface area contributed by atoms with Crippen LogP contribution in [0.4, 0.5) is 0 Å². The predicted octanol–water partition coefficient (Wildman–Crippen LogP) is 1.48. The van der Waals surface area contributed by atoms with E-state index < -0.39 is 10.8 Å². The van der Waals surface area contributed by atoms with E-state index in [1.807, 2.05) is 20.8 Å². The van der Waals surface area contributed by atoms with Gasteiger partial charge in [-0.2, -0.15) is 0 Å². The normalized spacial score (nSPS) is 28.8. The maximum absolute atomic E-state index is 11.9. The zero-order chi connectivity index (χ0) is 12.3. The van der Waals surface area contributed by atoms with Crippen molar-refractivity contribution < 1.29 is 9.00 Å². The van der Waals surface area contributed by atoms with Gasteiger partial charge in [0.25, 0.3) is 0 Å². The van der Waals surface area contributed by atoms with Gasteiger partial charge in [-0.25, -0.2) is 0 Å². The number of carbonyl (C=O) groups is 1. The number of nitrogens with two attached hydrogens (primary N) is 1. The number of ketones is 1. The molecule has 94 valence electrons. The van der Waals surface area contributed by atoms with Crippen LogP contribution in [0.3, 0.4) is 0 Å². The van der Waals surface area contributed by atoms with E-state index in [2.05, 4.69) is 0 Å². The SMILES string of the molecule is CC(C)(C)C(=O)C(N)CC1CCS(=O)CC1. The van der Waals surface area contributed by atoms with Gasteiger partial charge >= 0.3 is 0 Å². The fourth-order valence-electron chi connectivity index (χ4n) is 2.10. The summed E-state index contributed by atoms with van der Waals surface area (Å²) in [6.45, 7) is 5.72. The van der Waals surface area contributed by atoms with Gasteiger partial charge in [0.2, 0.25) is 0 Å². The highest BCUT2D eigenvalue weighted by atomic mass is 32.2. The molecule has 1 fully saturated rings. The van der Waals surface area contributed by atoms with Gasteiger partial charge in [-0.3, -0.25) is 9.00 Å². The molecule has 0 aliphatic carbocycles. The Morgan fingerprint density at radius 2 is 1.88 bits per heavy atom. The molecule has 0 spiro atoms. The molecular weight excluding hydrogens is 222 g/mol. The Morgan fingerprint density at radius 3 is 2.31 bits per heavy atom. The standard InChI is InChI=1S/C12H23NO2S/c1-12(2,3)11(14)10(13)8-9-4-6-16(15)7-5-9/h9-10H,4-8,13H2,1-3H3. The summed E-state index contributed by atoms with van der Waals surface area (Å²) in [6.07, 6.45) is 2.67. The second-order valence-electron chi connectivity index (χ2n) is 5.75. The molecule has 1 heterocycles. The Labute approximate surface area is 101 Å². The Kier molecular flexibility index (Phi) is 4.68. The van der Waals surface area contributed by atoms with E-state index in [-0.39, 0.29) is 17.2 Å². The van der Waals surface area contributed by atoms with E-state index in [1.165, 1.54) is 0 Å². The van der Waals surface area contributed by atoms with E-state index in [1.54, 1.807) is 0 Å². The van der Waals surface area contributed by atoms with Gasteiger partial charge in [0.1, 0.15) is 0 Å². The summed E-state index contributed by atoms with van der Waals surface area (Å²) in [5.41, 5.74) is 5.59. The molecule has 1 rings (SSSR count). The second-order valence-corrected chi connectivity index (χ2v) is 7.44. The van der Waals surface area contributed by atoms with Crippen molar-refractivity contribution in [1.29, 1.82) is 0 Å². The molecule has 0 aromatic heterocycles. The van der Waals surface area contributed by atoms with Crippen LogP contribution in [0.15, 0.2) is 0 Å². The van der Waals surface area contributed by atoms with Crippen LogP contribution in [0.2, 0.25) is 0 Å². The first kappa shape index (κ1) is 13.8. The number of Topliss-reactive ketones (excluding diaryl/α,β-unsaturated/α-hetero) is 1. The van der Waals surface area contributed by atoms with Gasteiger partial charge in [-0.15, -0.1) is 0 Å². The molecule has 0 saturated carbocycles. The molecule has 1 aliphatic heterocycles. The predicted molar refractivity (Wildman–Crippen MR) is 67.7 cm³/mol. The lowest BCUT2D eigenvalue weighted by Crippen LogP contribution is -2.41. The molecule has 0 amide bonds. The van der Waals surface area contributed by atoms with E-state index in [0.29, 0.717) is 5.92 Å². The van der Waals surface area contributed by atoms with Crippen molar-refractivity contribution in [3.63, 3.8) is 0 Å². The van der Waals surface area contributed by atoms with E-state index in [9.17, 15) is 9.00 Å². The lowest BCUT2D eigenvalue weighted by Gasteiger charge is -2.27. The highest BCUT2D eigenvalue weighted by Gasteiger charge is 2.29. The Balaban J connectivity index is 2.43. The molecule has 1 aliphatic rings. The maximum atomic E-state index is 11.9. The summed E-state index contributed by atoms with van der Waals surface area (Å²) in [4.78, 5) is 11.9. The van der Waals surface area contributed by atoms with Crippen molar-refractivity contribution in [3.05, 3.63) is 0 Å². The molecule has 16 heavy (non-hydrogen) atoms. The number of hydrogen-bond donors (Lipinski definition) is 1. The second kappa shape index (κ2) is 5.41. The van der Waals surface area contributed by atoms with Crippen molar-refractivity contribution in [2.45, 2.75) is 46.1 Å². The zero-order valence-electron chi connectivity index (χ0n) is 10.5. The van der Waals surface area contributed by atoms with E-state index in [4.69, 9.17) is 5.73 Å². The average Bonchev–Trinajstić information content (AvgIpc) is 2.19. The summed E-state index contributed by atoms with van der Waals surface area (Å²) in [5, 5.41) is 0. The van der Waals surface area contributed by atoms with Gasteiger partial charge in [-0.05, 0) is 25.2 Å². The van der Waals surface area contributed by atoms with Crippen LogP contribution < -0.4 is 5.73 Å². The van der Waals surface area contributed by atoms with Gasteiger partial charge < -0.3 is 5.73 Å². The molecule has 0 aromatic rings. The molecule has 0 radical (unpaired) electrons. The molecule has 1 unspecified atom stereocenters. The van der Waals surface area contributed by atoms with Gasteiger partial charge in [0, 0.05) is 27.7 Å². The van der Waals surface area contributed by atoms with Gasteiger partial charge in [-0.1, -0.05) is 20.8 Å². The summed E-state index contributed by atoms with van der Waals surface area (Å²) < 4.78 is 11.2. The van der Waals surface area contributed by atoms with Crippen LogP contribution in [-0.4, -0.2) is 27.5 Å². The van der Waals surface area contributed by atoms with Gasteiger partial charge in [0.15, 0.2) is 5.78 Å². The Hall–Kier alpha value is -0.220. The van der Waals surface area contributed by atoms with Crippen molar-refractivity contribution in [2.75, 3.05) is 11.5 Å². The third-order valence-corrected chi connectivity index (χ3v) is 4.55. The topological polar surface area (TPSA) is 60.2 Å². The minimum atomic E-state index is -0.629. The van der Waals surface area contributed by atoms with Crippen molar-refractivity contribution in [1.82, 2.24) is 0 Å². The molecule has 0 bridgehead atoms. The Bertz CT molecular complexity index is 273. The van der Waals surface area contributed by atoms with Crippen molar-refractivity contribution in [2.24, 2.45) is 17.1 Å². The van der Waals surface area contributed by atoms with Crippen LogP contribution in [0.1, 0.15) is 40.0 Å². The number of rotatable bonds is 3. The molecule has 3 nitrogen and oxygen atoms in total.